The zero-order valence-electron chi connectivity index (χ0n) is 18.8. The quantitative estimate of drug-likeness (QED) is 0.242. The van der Waals surface area contributed by atoms with Crippen LogP contribution in [-0.4, -0.2) is 38.2 Å². The van der Waals surface area contributed by atoms with Gasteiger partial charge in [0.1, 0.15) is 5.82 Å². The van der Waals surface area contributed by atoms with Crippen LogP contribution in [0.4, 0.5) is 0 Å². The molecule has 7 heteroatoms. The molecule has 0 spiro atoms. The van der Waals surface area contributed by atoms with E-state index in [1.165, 1.54) is 16.6 Å². The van der Waals surface area contributed by atoms with E-state index in [4.69, 9.17) is 4.99 Å². The Hall–Kier alpha value is -3.61. The minimum Gasteiger partial charge on any atom is -0.357 e. The standard InChI is InChI=1S/C25H31N7/c1-3-27-25(28-12-7-14-32-20(2)30-23-10-4-5-11-24(23)32)29-17-21-8-6-9-22(16-21)18-31-15-13-26-19-31/h4-6,8-11,13,15-16,19H,3,7,12,14,17-18H2,1-2H3,(H2,27,28,29). The lowest BCUT2D eigenvalue weighted by molar-refractivity contribution is 0.624. The molecule has 2 N–H and O–H groups in total. The zero-order valence-corrected chi connectivity index (χ0v) is 18.8. The van der Waals surface area contributed by atoms with Crippen molar-refractivity contribution in [2.45, 2.75) is 39.9 Å². The van der Waals surface area contributed by atoms with Gasteiger partial charge in [-0.05, 0) is 43.5 Å². The Morgan fingerprint density at radius 2 is 1.94 bits per heavy atom. The molecule has 0 unspecified atom stereocenters. The van der Waals surface area contributed by atoms with E-state index in [2.05, 4.69) is 86.0 Å². The molecule has 2 aromatic heterocycles. The molecule has 0 bridgehead atoms. The monoisotopic (exact) mass is 429 g/mol. The van der Waals surface area contributed by atoms with Crippen molar-refractivity contribution in [1.29, 1.82) is 0 Å². The lowest BCUT2D eigenvalue weighted by Crippen LogP contribution is -2.38. The summed E-state index contributed by atoms with van der Waals surface area (Å²) in [6.45, 7) is 8.21. The third-order valence-corrected chi connectivity index (χ3v) is 5.38. The molecule has 166 valence electrons. The van der Waals surface area contributed by atoms with Crippen LogP contribution >= 0.6 is 0 Å². The zero-order chi connectivity index (χ0) is 22.2. The maximum atomic E-state index is 4.78. The average Bonchev–Trinajstić information content (AvgIpc) is 3.42. The van der Waals surface area contributed by atoms with E-state index in [1.807, 2.05) is 18.6 Å². The fourth-order valence-electron chi connectivity index (χ4n) is 3.85. The number of para-hydroxylation sites is 2. The third kappa shape index (κ3) is 5.55. The van der Waals surface area contributed by atoms with Crippen LogP contribution in [0, 0.1) is 6.92 Å². The van der Waals surface area contributed by atoms with Gasteiger partial charge in [0, 0.05) is 38.6 Å². The second kappa shape index (κ2) is 10.6. The average molecular weight is 430 g/mol. The summed E-state index contributed by atoms with van der Waals surface area (Å²) in [7, 11) is 0. The molecule has 0 aliphatic carbocycles. The molecule has 0 saturated heterocycles. The summed E-state index contributed by atoms with van der Waals surface area (Å²) >= 11 is 0. The van der Waals surface area contributed by atoms with Crippen LogP contribution in [0.25, 0.3) is 11.0 Å². The van der Waals surface area contributed by atoms with Gasteiger partial charge in [0.2, 0.25) is 0 Å². The second-order valence-corrected chi connectivity index (χ2v) is 7.83. The van der Waals surface area contributed by atoms with Crippen LogP contribution < -0.4 is 10.6 Å². The Morgan fingerprint density at radius 1 is 1.06 bits per heavy atom. The first kappa shape index (κ1) is 21.6. The molecule has 0 radical (unpaired) electrons. The highest BCUT2D eigenvalue weighted by molar-refractivity contribution is 5.79. The predicted octanol–water partition coefficient (Wildman–Crippen LogP) is 3.73. The van der Waals surface area contributed by atoms with Crippen molar-refractivity contribution in [3.05, 3.63) is 84.2 Å². The normalized spacial score (nSPS) is 11.8. The van der Waals surface area contributed by atoms with Gasteiger partial charge in [-0.2, -0.15) is 0 Å². The van der Waals surface area contributed by atoms with Crippen molar-refractivity contribution in [1.82, 2.24) is 29.7 Å². The number of aryl methyl sites for hydroxylation is 2. The largest absolute Gasteiger partial charge is 0.357 e. The first-order valence-electron chi connectivity index (χ1n) is 11.2. The minimum atomic E-state index is 0.637. The van der Waals surface area contributed by atoms with Crippen molar-refractivity contribution in [3.63, 3.8) is 0 Å². The molecule has 0 fully saturated rings. The van der Waals surface area contributed by atoms with Crippen molar-refractivity contribution in [2.24, 2.45) is 4.99 Å². The van der Waals surface area contributed by atoms with Gasteiger partial charge in [-0.1, -0.05) is 36.4 Å². The van der Waals surface area contributed by atoms with Gasteiger partial charge >= 0.3 is 0 Å². The van der Waals surface area contributed by atoms with Crippen LogP contribution in [0.1, 0.15) is 30.3 Å². The van der Waals surface area contributed by atoms with Crippen molar-refractivity contribution in [2.75, 3.05) is 13.1 Å². The van der Waals surface area contributed by atoms with Gasteiger partial charge in [0.05, 0.1) is 23.9 Å². The highest BCUT2D eigenvalue weighted by Crippen LogP contribution is 2.15. The van der Waals surface area contributed by atoms with Crippen LogP contribution in [0.15, 0.2) is 72.2 Å². The minimum absolute atomic E-state index is 0.637. The molecule has 2 aromatic carbocycles. The molecule has 0 saturated carbocycles. The Morgan fingerprint density at radius 3 is 2.78 bits per heavy atom. The number of aliphatic imine (C=N–C) groups is 1. The van der Waals surface area contributed by atoms with E-state index in [1.54, 1.807) is 6.20 Å². The number of fused-ring (bicyclic) bond motifs is 1. The molecule has 7 nitrogen and oxygen atoms in total. The predicted molar refractivity (Wildman–Crippen MR) is 130 cm³/mol. The molecule has 32 heavy (non-hydrogen) atoms. The molecular formula is C25H31N7. The Kier molecular flexibility index (Phi) is 7.17. The fourth-order valence-corrected chi connectivity index (χ4v) is 3.85. The molecule has 4 aromatic rings. The number of hydrogen-bond donors (Lipinski definition) is 2. The summed E-state index contributed by atoms with van der Waals surface area (Å²) in [5.74, 6) is 1.90. The highest BCUT2D eigenvalue weighted by Gasteiger charge is 2.06. The molecular weight excluding hydrogens is 398 g/mol. The Labute approximate surface area is 189 Å². The lowest BCUT2D eigenvalue weighted by atomic mass is 10.1. The van der Waals surface area contributed by atoms with Crippen molar-refractivity contribution < 1.29 is 0 Å². The summed E-state index contributed by atoms with van der Waals surface area (Å²) in [5.41, 5.74) is 4.70. The van der Waals surface area contributed by atoms with Crippen LogP contribution in [-0.2, 0) is 19.6 Å². The van der Waals surface area contributed by atoms with Gasteiger partial charge in [0.15, 0.2) is 5.96 Å². The van der Waals surface area contributed by atoms with Crippen LogP contribution in [0.3, 0.4) is 0 Å². The van der Waals surface area contributed by atoms with Gasteiger partial charge < -0.3 is 19.8 Å². The molecule has 0 aliphatic heterocycles. The Balaban J connectivity index is 1.32. The summed E-state index contributed by atoms with van der Waals surface area (Å²) in [5, 5.41) is 6.81. The smallest absolute Gasteiger partial charge is 0.191 e. The van der Waals surface area contributed by atoms with Crippen LogP contribution in [0.5, 0.6) is 0 Å². The van der Waals surface area contributed by atoms with E-state index in [-0.39, 0.29) is 0 Å². The van der Waals surface area contributed by atoms with Gasteiger partial charge in [0.25, 0.3) is 0 Å². The summed E-state index contributed by atoms with van der Waals surface area (Å²) < 4.78 is 4.35. The summed E-state index contributed by atoms with van der Waals surface area (Å²) in [6.07, 6.45) is 6.61. The molecule has 0 aliphatic rings. The fraction of sp³-hybridized carbons (Fsp3) is 0.320. The first-order valence-corrected chi connectivity index (χ1v) is 11.2. The number of rotatable bonds is 9. The third-order valence-electron chi connectivity index (χ3n) is 5.38. The topological polar surface area (TPSA) is 72.1 Å². The number of benzene rings is 2. The van der Waals surface area contributed by atoms with E-state index in [9.17, 15) is 0 Å². The maximum absolute atomic E-state index is 4.78. The van der Waals surface area contributed by atoms with E-state index in [0.29, 0.717) is 6.54 Å². The SMILES string of the molecule is CCNC(=NCc1cccc(Cn2ccnc2)c1)NCCCn1c(C)nc2ccccc21. The van der Waals surface area contributed by atoms with Crippen molar-refractivity contribution >= 4 is 17.0 Å². The number of imidazole rings is 2. The van der Waals surface area contributed by atoms with Gasteiger partial charge in [-0.3, -0.25) is 0 Å². The van der Waals surface area contributed by atoms with Crippen molar-refractivity contribution in [3.8, 4) is 0 Å². The molecule has 4 rings (SSSR count). The molecule has 0 atom stereocenters. The number of nitrogens with zero attached hydrogens (tertiary/aromatic N) is 5. The number of aromatic nitrogens is 4. The first-order chi connectivity index (χ1) is 15.7. The Bertz CT molecular complexity index is 1160. The summed E-state index contributed by atoms with van der Waals surface area (Å²) in [4.78, 5) is 13.5. The molecule has 2 heterocycles. The maximum Gasteiger partial charge on any atom is 0.191 e. The number of guanidine groups is 1. The second-order valence-electron chi connectivity index (χ2n) is 7.83. The van der Waals surface area contributed by atoms with Gasteiger partial charge in [-0.15, -0.1) is 0 Å². The number of nitrogens with one attached hydrogen (secondary N) is 2. The van der Waals surface area contributed by atoms with Crippen LogP contribution in [0.2, 0.25) is 0 Å². The van der Waals surface area contributed by atoms with Gasteiger partial charge in [-0.25, -0.2) is 15.0 Å². The van der Waals surface area contributed by atoms with E-state index in [0.717, 1.165) is 49.9 Å². The lowest BCUT2D eigenvalue weighted by Gasteiger charge is -2.12. The highest BCUT2D eigenvalue weighted by atomic mass is 15.2. The van der Waals surface area contributed by atoms with E-state index < -0.39 is 0 Å². The van der Waals surface area contributed by atoms with E-state index >= 15 is 0 Å². The summed E-state index contributed by atoms with van der Waals surface area (Å²) in [6, 6.07) is 16.9. The molecule has 0 amide bonds. The number of hydrogen-bond acceptors (Lipinski definition) is 3.